The zero-order valence-electron chi connectivity index (χ0n) is 14.8. The molecule has 0 bridgehead atoms. The van der Waals surface area contributed by atoms with Crippen LogP contribution in [0.3, 0.4) is 0 Å². The molecule has 2 rings (SSSR count). The fraction of sp³-hybridized carbons (Fsp3) is 0.833. The van der Waals surface area contributed by atoms with Gasteiger partial charge >= 0.3 is 0 Å². The molecule has 2 unspecified atom stereocenters. The highest BCUT2D eigenvalue weighted by atomic mass is 32.1. The molecule has 1 N–H and O–H groups in total. The highest BCUT2D eigenvalue weighted by Crippen LogP contribution is 2.51. The minimum atomic E-state index is 0.0638. The lowest BCUT2D eigenvalue weighted by Crippen LogP contribution is -2.56. The smallest absolute Gasteiger partial charge is 0.114 e. The van der Waals surface area contributed by atoms with E-state index in [4.69, 9.17) is 4.98 Å². The van der Waals surface area contributed by atoms with Crippen molar-refractivity contribution in [3.8, 4) is 0 Å². The zero-order valence-corrected chi connectivity index (χ0v) is 15.7. The molecule has 1 saturated carbocycles. The molecule has 21 heavy (non-hydrogen) atoms. The van der Waals surface area contributed by atoms with Crippen LogP contribution in [0.5, 0.6) is 0 Å². The second-order valence-electron chi connectivity index (χ2n) is 8.10. The minimum Gasteiger partial charge on any atom is -0.303 e. The van der Waals surface area contributed by atoms with Crippen LogP contribution < -0.4 is 5.32 Å². The Morgan fingerprint density at radius 2 is 1.90 bits per heavy atom. The summed E-state index contributed by atoms with van der Waals surface area (Å²) < 4.78 is 0. The minimum absolute atomic E-state index is 0.0638. The van der Waals surface area contributed by atoms with E-state index in [1.807, 2.05) is 11.3 Å². The summed E-state index contributed by atoms with van der Waals surface area (Å²) in [6, 6.07) is 0.484. The molecule has 1 aromatic rings. The van der Waals surface area contributed by atoms with Gasteiger partial charge < -0.3 is 5.32 Å². The topological polar surface area (TPSA) is 24.9 Å². The quantitative estimate of drug-likeness (QED) is 0.831. The van der Waals surface area contributed by atoms with Gasteiger partial charge in [0.05, 0.1) is 11.2 Å². The molecular weight excluding hydrogens is 276 g/mol. The van der Waals surface area contributed by atoms with Crippen molar-refractivity contribution in [3.63, 3.8) is 0 Å². The van der Waals surface area contributed by atoms with E-state index in [1.165, 1.54) is 41.3 Å². The van der Waals surface area contributed by atoms with E-state index >= 15 is 0 Å². The standard InChI is InChI=1S/C18H32N2S/c1-12(2)20-18(16-19-13(3)14(4)21-16)11-9-8-10-15(18)17(5,6)7/h12,15,20H,8-11H2,1-7H3. The number of aromatic nitrogens is 1. The lowest BCUT2D eigenvalue weighted by atomic mass is 9.62. The lowest BCUT2D eigenvalue weighted by Gasteiger charge is -2.50. The van der Waals surface area contributed by atoms with Crippen LogP contribution in [0.2, 0.25) is 0 Å². The summed E-state index contributed by atoms with van der Waals surface area (Å²) in [7, 11) is 0. The van der Waals surface area contributed by atoms with Gasteiger partial charge in [0.1, 0.15) is 5.01 Å². The van der Waals surface area contributed by atoms with Gasteiger partial charge in [0, 0.05) is 10.9 Å². The SMILES string of the molecule is Cc1nc(C2(NC(C)C)CCCCC2C(C)(C)C)sc1C. The Morgan fingerprint density at radius 1 is 1.24 bits per heavy atom. The summed E-state index contributed by atoms with van der Waals surface area (Å²) in [6.07, 6.45) is 5.19. The molecule has 1 fully saturated rings. The number of hydrogen-bond donors (Lipinski definition) is 1. The Balaban J connectivity index is 2.53. The van der Waals surface area contributed by atoms with Gasteiger partial charge in [0.2, 0.25) is 0 Å². The molecule has 1 aliphatic rings. The first kappa shape index (κ1) is 17.0. The first-order chi connectivity index (χ1) is 9.67. The monoisotopic (exact) mass is 308 g/mol. The van der Waals surface area contributed by atoms with Gasteiger partial charge in [0.25, 0.3) is 0 Å². The summed E-state index contributed by atoms with van der Waals surface area (Å²) in [6.45, 7) is 16.1. The number of aryl methyl sites for hydroxylation is 2. The second-order valence-corrected chi connectivity index (χ2v) is 9.30. The van der Waals surface area contributed by atoms with Crippen LogP contribution in [-0.4, -0.2) is 11.0 Å². The molecule has 0 spiro atoms. The van der Waals surface area contributed by atoms with Crippen LogP contribution in [-0.2, 0) is 5.54 Å². The Morgan fingerprint density at radius 3 is 2.38 bits per heavy atom. The zero-order chi connectivity index (χ0) is 15.8. The third-order valence-corrected chi connectivity index (χ3v) is 6.16. The van der Waals surface area contributed by atoms with Crippen LogP contribution in [0.15, 0.2) is 0 Å². The Bertz CT molecular complexity index is 464. The van der Waals surface area contributed by atoms with Crippen molar-refractivity contribution in [2.75, 3.05) is 0 Å². The Hall–Kier alpha value is -0.410. The Labute approximate surface area is 134 Å². The summed E-state index contributed by atoms with van der Waals surface area (Å²) in [5, 5.41) is 5.28. The fourth-order valence-corrected chi connectivity index (χ4v) is 5.17. The highest BCUT2D eigenvalue weighted by Gasteiger charge is 2.49. The van der Waals surface area contributed by atoms with Crippen LogP contribution in [0.1, 0.15) is 75.9 Å². The third-order valence-electron chi connectivity index (χ3n) is 4.91. The molecule has 0 amide bonds. The second kappa shape index (κ2) is 6.00. The van der Waals surface area contributed by atoms with Gasteiger partial charge in [-0.25, -0.2) is 4.98 Å². The van der Waals surface area contributed by atoms with Crippen molar-refractivity contribution in [2.45, 2.75) is 85.7 Å². The van der Waals surface area contributed by atoms with Gasteiger partial charge in [-0.1, -0.05) is 33.6 Å². The van der Waals surface area contributed by atoms with E-state index in [2.05, 4.69) is 53.8 Å². The molecule has 1 aliphatic carbocycles. The molecule has 1 heterocycles. The average molecular weight is 309 g/mol. The molecule has 2 atom stereocenters. The molecule has 0 radical (unpaired) electrons. The fourth-order valence-electron chi connectivity index (χ4n) is 4.01. The van der Waals surface area contributed by atoms with Crippen molar-refractivity contribution in [2.24, 2.45) is 11.3 Å². The van der Waals surface area contributed by atoms with E-state index in [-0.39, 0.29) is 5.54 Å². The predicted octanol–water partition coefficient (Wildman–Crippen LogP) is 5.19. The normalized spacial score (nSPS) is 27.3. The third kappa shape index (κ3) is 3.34. The number of nitrogens with one attached hydrogen (secondary N) is 1. The van der Waals surface area contributed by atoms with E-state index < -0.39 is 0 Å². The average Bonchev–Trinajstić information content (AvgIpc) is 2.68. The van der Waals surface area contributed by atoms with Gasteiger partial charge in [-0.2, -0.15) is 0 Å². The molecule has 120 valence electrons. The molecular formula is C18H32N2S. The molecule has 2 nitrogen and oxygen atoms in total. The van der Waals surface area contributed by atoms with Crippen LogP contribution in [0.25, 0.3) is 0 Å². The van der Waals surface area contributed by atoms with Gasteiger partial charge in [0.15, 0.2) is 0 Å². The maximum absolute atomic E-state index is 4.98. The van der Waals surface area contributed by atoms with Gasteiger partial charge in [-0.3, -0.25) is 0 Å². The predicted molar refractivity (Wildman–Crippen MR) is 93.0 cm³/mol. The maximum Gasteiger partial charge on any atom is 0.114 e. The summed E-state index contributed by atoms with van der Waals surface area (Å²) >= 11 is 1.91. The van der Waals surface area contributed by atoms with E-state index in [0.29, 0.717) is 17.4 Å². The summed E-state index contributed by atoms with van der Waals surface area (Å²) in [5.41, 5.74) is 1.57. The molecule has 0 saturated heterocycles. The van der Waals surface area contributed by atoms with Crippen LogP contribution >= 0.6 is 11.3 Å². The molecule has 0 aliphatic heterocycles. The van der Waals surface area contributed by atoms with Crippen LogP contribution in [0.4, 0.5) is 0 Å². The van der Waals surface area contributed by atoms with Crippen molar-refractivity contribution >= 4 is 11.3 Å². The van der Waals surface area contributed by atoms with Crippen molar-refractivity contribution < 1.29 is 0 Å². The number of nitrogens with zero attached hydrogens (tertiary/aromatic N) is 1. The van der Waals surface area contributed by atoms with Gasteiger partial charge in [-0.05, 0) is 51.9 Å². The van der Waals surface area contributed by atoms with Crippen molar-refractivity contribution in [3.05, 3.63) is 15.6 Å². The first-order valence-electron chi connectivity index (χ1n) is 8.39. The van der Waals surface area contributed by atoms with E-state index in [1.54, 1.807) is 0 Å². The van der Waals surface area contributed by atoms with E-state index in [0.717, 1.165) is 0 Å². The molecule has 1 aromatic heterocycles. The summed E-state index contributed by atoms with van der Waals surface area (Å²) in [5.74, 6) is 0.645. The highest BCUT2D eigenvalue weighted by molar-refractivity contribution is 7.11. The number of rotatable bonds is 3. The Kier molecular flexibility index (Phi) is 4.84. The van der Waals surface area contributed by atoms with Crippen molar-refractivity contribution in [1.29, 1.82) is 0 Å². The largest absolute Gasteiger partial charge is 0.303 e. The molecule has 0 aromatic carbocycles. The summed E-state index contributed by atoms with van der Waals surface area (Å²) in [4.78, 5) is 6.35. The lowest BCUT2D eigenvalue weighted by molar-refractivity contribution is 0.0413. The van der Waals surface area contributed by atoms with Crippen molar-refractivity contribution in [1.82, 2.24) is 10.3 Å². The first-order valence-corrected chi connectivity index (χ1v) is 9.20. The van der Waals surface area contributed by atoms with Gasteiger partial charge in [-0.15, -0.1) is 11.3 Å². The number of hydrogen-bond acceptors (Lipinski definition) is 3. The van der Waals surface area contributed by atoms with E-state index in [9.17, 15) is 0 Å². The van der Waals surface area contributed by atoms with Crippen LogP contribution in [0, 0.1) is 25.2 Å². The maximum atomic E-state index is 4.98. The number of thiazole rings is 1. The molecule has 3 heteroatoms.